The molecule has 19 heavy (non-hydrogen) atoms. The lowest BCUT2D eigenvalue weighted by Gasteiger charge is -2.14. The number of nitrogens with zero attached hydrogens (tertiary/aromatic N) is 2. The molecule has 100 valence electrons. The maximum absolute atomic E-state index is 11.8. The maximum Gasteiger partial charge on any atom is 0.327 e. The van der Waals surface area contributed by atoms with Crippen LogP contribution in [0.15, 0.2) is 24.3 Å². The molecule has 6 nitrogen and oxygen atoms in total. The lowest BCUT2D eigenvalue weighted by Crippen LogP contribution is -2.38. The summed E-state index contributed by atoms with van der Waals surface area (Å²) in [6.07, 6.45) is 0. The highest BCUT2D eigenvalue weighted by Gasteiger charge is 2.34. The molecule has 1 aromatic rings. The summed E-state index contributed by atoms with van der Waals surface area (Å²) in [6, 6.07) is 6.26. The summed E-state index contributed by atoms with van der Waals surface area (Å²) in [5, 5.41) is 2.95. The van der Waals surface area contributed by atoms with E-state index in [0.717, 1.165) is 4.90 Å². The number of carbonyl (C=O) groups excluding carboxylic acids is 3. The molecule has 0 spiro atoms. The van der Waals surface area contributed by atoms with Gasteiger partial charge in [-0.2, -0.15) is 0 Å². The zero-order valence-electron chi connectivity index (χ0n) is 10.2. The molecule has 0 radical (unpaired) electrons. The van der Waals surface area contributed by atoms with E-state index in [9.17, 15) is 14.4 Å². The Labute approximate surface area is 114 Å². The number of para-hydroxylation sites is 1. The van der Waals surface area contributed by atoms with E-state index in [4.69, 9.17) is 11.6 Å². The third-order valence-electron chi connectivity index (χ3n) is 2.68. The van der Waals surface area contributed by atoms with Crippen LogP contribution in [-0.2, 0) is 9.59 Å². The molecule has 0 saturated carbocycles. The second-order valence-electron chi connectivity index (χ2n) is 4.15. The Morgan fingerprint density at radius 2 is 2.05 bits per heavy atom. The van der Waals surface area contributed by atoms with Gasteiger partial charge in [0.1, 0.15) is 13.1 Å². The number of halogens is 1. The molecule has 1 aliphatic heterocycles. The molecule has 1 heterocycles. The van der Waals surface area contributed by atoms with Crippen LogP contribution in [0.2, 0.25) is 5.02 Å². The van der Waals surface area contributed by atoms with Crippen molar-refractivity contribution in [3.8, 4) is 0 Å². The number of benzene rings is 1. The highest BCUT2D eigenvalue weighted by atomic mass is 35.5. The van der Waals surface area contributed by atoms with Crippen LogP contribution in [0.1, 0.15) is 0 Å². The molecule has 4 amide bonds. The molecule has 0 atom stereocenters. The first-order valence-corrected chi connectivity index (χ1v) is 5.96. The standard InChI is InChI=1S/C12H12ClN3O3/c1-15-7-11(18)16(12(15)19)6-10(17)14-9-5-3-2-4-8(9)13/h2-5H,6-7H2,1H3,(H,14,17). The summed E-state index contributed by atoms with van der Waals surface area (Å²) in [4.78, 5) is 37.1. The summed E-state index contributed by atoms with van der Waals surface area (Å²) in [7, 11) is 1.51. The number of hydrogen-bond acceptors (Lipinski definition) is 3. The minimum Gasteiger partial charge on any atom is -0.323 e. The van der Waals surface area contributed by atoms with Gasteiger partial charge in [-0.1, -0.05) is 23.7 Å². The smallest absolute Gasteiger partial charge is 0.323 e. The molecule has 0 aromatic heterocycles. The molecule has 2 rings (SSSR count). The molecule has 1 aliphatic rings. The fraction of sp³-hybridized carbons (Fsp3) is 0.250. The first kappa shape index (κ1) is 13.4. The Hall–Kier alpha value is -2.08. The number of nitrogens with one attached hydrogen (secondary N) is 1. The summed E-state index contributed by atoms with van der Waals surface area (Å²) >= 11 is 5.90. The van der Waals surface area contributed by atoms with Crippen LogP contribution < -0.4 is 5.32 Å². The van der Waals surface area contributed by atoms with Gasteiger partial charge in [0.15, 0.2) is 0 Å². The number of amides is 4. The van der Waals surface area contributed by atoms with Gasteiger partial charge < -0.3 is 10.2 Å². The first-order valence-electron chi connectivity index (χ1n) is 5.59. The second-order valence-corrected chi connectivity index (χ2v) is 4.55. The highest BCUT2D eigenvalue weighted by molar-refractivity contribution is 6.33. The van der Waals surface area contributed by atoms with Gasteiger partial charge in [-0.15, -0.1) is 0 Å². The quantitative estimate of drug-likeness (QED) is 0.846. The third kappa shape index (κ3) is 2.85. The average molecular weight is 282 g/mol. The molecular formula is C12H12ClN3O3. The van der Waals surface area contributed by atoms with Crippen molar-refractivity contribution in [3.63, 3.8) is 0 Å². The Kier molecular flexibility index (Phi) is 3.71. The molecule has 1 N–H and O–H groups in total. The van der Waals surface area contributed by atoms with E-state index in [1.54, 1.807) is 24.3 Å². The van der Waals surface area contributed by atoms with Crippen LogP contribution in [-0.4, -0.2) is 47.8 Å². The average Bonchev–Trinajstić information content (AvgIpc) is 2.59. The second kappa shape index (κ2) is 5.27. The first-order chi connectivity index (χ1) is 8.99. The molecule has 1 fully saturated rings. The lowest BCUT2D eigenvalue weighted by molar-refractivity contribution is -0.129. The van der Waals surface area contributed by atoms with Crippen LogP contribution in [0.25, 0.3) is 0 Å². The number of hydrogen-bond donors (Lipinski definition) is 1. The van der Waals surface area contributed by atoms with E-state index in [-0.39, 0.29) is 19.0 Å². The van der Waals surface area contributed by atoms with Gasteiger partial charge in [-0.3, -0.25) is 14.5 Å². The van der Waals surface area contributed by atoms with Gasteiger partial charge in [-0.05, 0) is 12.1 Å². The van der Waals surface area contributed by atoms with Crippen molar-refractivity contribution < 1.29 is 14.4 Å². The topological polar surface area (TPSA) is 69.7 Å². The van der Waals surface area contributed by atoms with Gasteiger partial charge in [-0.25, -0.2) is 4.79 Å². The third-order valence-corrected chi connectivity index (χ3v) is 3.01. The largest absolute Gasteiger partial charge is 0.327 e. The summed E-state index contributed by atoms with van der Waals surface area (Å²) in [6.45, 7) is -0.314. The molecular weight excluding hydrogens is 270 g/mol. The monoisotopic (exact) mass is 281 g/mol. The normalized spacial score (nSPS) is 15.1. The fourth-order valence-corrected chi connectivity index (χ4v) is 1.90. The van der Waals surface area contributed by atoms with Gasteiger partial charge in [0.25, 0.3) is 5.91 Å². The van der Waals surface area contributed by atoms with Gasteiger partial charge in [0, 0.05) is 7.05 Å². The molecule has 7 heteroatoms. The zero-order valence-corrected chi connectivity index (χ0v) is 11.0. The predicted octanol–water partition coefficient (Wildman–Crippen LogP) is 1.17. The van der Waals surface area contributed by atoms with Crippen molar-refractivity contribution in [2.75, 3.05) is 25.5 Å². The zero-order chi connectivity index (χ0) is 14.0. The maximum atomic E-state index is 11.8. The van der Waals surface area contributed by atoms with Crippen molar-refractivity contribution in [2.24, 2.45) is 0 Å². The number of imide groups is 1. The SMILES string of the molecule is CN1CC(=O)N(CC(=O)Nc2ccccc2Cl)C1=O. The number of rotatable bonds is 3. The number of urea groups is 1. The van der Waals surface area contributed by atoms with Crippen LogP contribution in [0.5, 0.6) is 0 Å². The van der Waals surface area contributed by atoms with Gasteiger partial charge in [0.2, 0.25) is 5.91 Å². The minimum atomic E-state index is -0.473. The Balaban J connectivity index is 2.01. The summed E-state index contributed by atoms with van der Waals surface area (Å²) in [5.41, 5.74) is 0.446. The van der Waals surface area contributed by atoms with Crippen LogP contribution >= 0.6 is 11.6 Å². The predicted molar refractivity (Wildman–Crippen MR) is 69.8 cm³/mol. The van der Waals surface area contributed by atoms with E-state index >= 15 is 0 Å². The van der Waals surface area contributed by atoms with Gasteiger partial charge in [0.05, 0.1) is 10.7 Å². The van der Waals surface area contributed by atoms with Crippen molar-refractivity contribution in [1.29, 1.82) is 0 Å². The lowest BCUT2D eigenvalue weighted by atomic mass is 10.3. The number of carbonyl (C=O) groups is 3. The van der Waals surface area contributed by atoms with E-state index < -0.39 is 11.9 Å². The van der Waals surface area contributed by atoms with Crippen molar-refractivity contribution in [1.82, 2.24) is 9.80 Å². The number of likely N-dealkylation sites (N-methyl/N-ethyl adjacent to an activating group) is 1. The Morgan fingerprint density at radius 1 is 1.37 bits per heavy atom. The van der Waals surface area contributed by atoms with Crippen LogP contribution in [0.3, 0.4) is 0 Å². The molecule has 0 unspecified atom stereocenters. The fourth-order valence-electron chi connectivity index (χ4n) is 1.72. The van der Waals surface area contributed by atoms with Crippen molar-refractivity contribution >= 4 is 35.1 Å². The Morgan fingerprint density at radius 3 is 2.63 bits per heavy atom. The van der Waals surface area contributed by atoms with Crippen LogP contribution in [0, 0.1) is 0 Å². The molecule has 1 saturated heterocycles. The van der Waals surface area contributed by atoms with E-state index in [0.29, 0.717) is 10.7 Å². The Bertz CT molecular complexity index is 547. The van der Waals surface area contributed by atoms with Crippen molar-refractivity contribution in [3.05, 3.63) is 29.3 Å². The van der Waals surface area contributed by atoms with E-state index in [1.165, 1.54) is 11.9 Å². The van der Waals surface area contributed by atoms with E-state index in [2.05, 4.69) is 5.32 Å². The number of anilines is 1. The molecule has 1 aromatic carbocycles. The highest BCUT2D eigenvalue weighted by Crippen LogP contribution is 2.20. The van der Waals surface area contributed by atoms with Gasteiger partial charge >= 0.3 is 6.03 Å². The van der Waals surface area contributed by atoms with E-state index in [1.807, 2.05) is 0 Å². The molecule has 0 aliphatic carbocycles. The van der Waals surface area contributed by atoms with Crippen molar-refractivity contribution in [2.45, 2.75) is 0 Å². The summed E-state index contributed by atoms with van der Waals surface area (Å²) < 4.78 is 0. The molecule has 0 bridgehead atoms. The minimum absolute atomic E-state index is 0.00178. The van der Waals surface area contributed by atoms with Crippen LogP contribution in [0.4, 0.5) is 10.5 Å². The summed E-state index contributed by atoms with van der Waals surface area (Å²) in [5.74, 6) is -0.855.